The van der Waals surface area contributed by atoms with Crippen molar-refractivity contribution in [1.82, 2.24) is 9.97 Å². The van der Waals surface area contributed by atoms with E-state index >= 15 is 0 Å². The minimum absolute atomic E-state index is 0.0391. The molecule has 3 aromatic carbocycles. The quantitative estimate of drug-likeness (QED) is 0.265. The lowest BCUT2D eigenvalue weighted by molar-refractivity contribution is 0.259. The molecule has 1 heterocycles. The van der Waals surface area contributed by atoms with Gasteiger partial charge in [-0.25, -0.2) is 14.7 Å². The minimum atomic E-state index is -0.471. The zero-order chi connectivity index (χ0) is 25.7. The second kappa shape index (κ2) is 11.3. The van der Waals surface area contributed by atoms with Crippen LogP contribution in [0.25, 0.3) is 0 Å². The molecule has 0 aliphatic rings. The number of carbonyl (C=O) groups excluding carboxylic acids is 1. The average Bonchev–Trinajstić information content (AvgIpc) is 2.87. The number of benzene rings is 3. The Hall–Kier alpha value is -3.81. The smallest absolute Gasteiger partial charge is 0.332 e. The van der Waals surface area contributed by atoms with Gasteiger partial charge in [-0.3, -0.25) is 0 Å². The van der Waals surface area contributed by atoms with E-state index in [0.717, 1.165) is 11.3 Å². The fourth-order valence-electron chi connectivity index (χ4n) is 3.61. The molecule has 7 nitrogen and oxygen atoms in total. The Bertz CT molecular complexity index is 1330. The molecular formula is C27H26Cl2N6O. The lowest BCUT2D eigenvalue weighted by atomic mass is 10.1. The molecule has 0 aliphatic heterocycles. The Balaban J connectivity index is 1.71. The summed E-state index contributed by atoms with van der Waals surface area (Å²) in [6, 6.07) is 23.8. The molecule has 2 amide bonds. The van der Waals surface area contributed by atoms with Gasteiger partial charge in [0.25, 0.3) is 0 Å². The number of anilines is 5. The molecule has 1 atom stereocenters. The standard InChI is InChI=1S/C27H26Cl2N6O/c1-18(19-9-5-4-6-10-19)31-26-30-16-15-24(32-26)35(21-12-7-11-20(17-21)34(2)3)27(36)33-25-22(28)13-8-14-23(25)29/h4-18H,1-3H3,(H,33,36)(H,30,31,32). The van der Waals surface area contributed by atoms with Gasteiger partial charge in [0.1, 0.15) is 5.82 Å². The molecule has 0 spiro atoms. The Morgan fingerprint density at radius 2 is 1.56 bits per heavy atom. The predicted octanol–water partition coefficient (Wildman–Crippen LogP) is 7.39. The van der Waals surface area contributed by atoms with Crippen molar-refractivity contribution >= 4 is 58.1 Å². The Kier molecular flexibility index (Phi) is 7.93. The molecule has 0 saturated heterocycles. The highest BCUT2D eigenvalue weighted by molar-refractivity contribution is 6.40. The van der Waals surface area contributed by atoms with Crippen molar-refractivity contribution in [2.45, 2.75) is 13.0 Å². The van der Waals surface area contributed by atoms with Gasteiger partial charge < -0.3 is 15.5 Å². The van der Waals surface area contributed by atoms with Crippen LogP contribution >= 0.6 is 23.2 Å². The number of rotatable bonds is 7. The summed E-state index contributed by atoms with van der Waals surface area (Å²) in [6.07, 6.45) is 1.61. The Morgan fingerprint density at radius 1 is 0.889 bits per heavy atom. The van der Waals surface area contributed by atoms with E-state index in [9.17, 15) is 4.79 Å². The van der Waals surface area contributed by atoms with Crippen LogP contribution < -0.4 is 20.4 Å². The van der Waals surface area contributed by atoms with E-state index < -0.39 is 6.03 Å². The number of aromatic nitrogens is 2. The van der Waals surface area contributed by atoms with Gasteiger partial charge in [0, 0.05) is 32.0 Å². The van der Waals surface area contributed by atoms with Gasteiger partial charge in [-0.05, 0) is 42.8 Å². The molecule has 2 N–H and O–H groups in total. The van der Waals surface area contributed by atoms with Crippen molar-refractivity contribution in [3.8, 4) is 0 Å². The van der Waals surface area contributed by atoms with Gasteiger partial charge >= 0.3 is 6.03 Å². The number of hydrogen-bond donors (Lipinski definition) is 2. The Morgan fingerprint density at radius 3 is 2.25 bits per heavy atom. The highest BCUT2D eigenvalue weighted by Gasteiger charge is 2.23. The lowest BCUT2D eigenvalue weighted by Gasteiger charge is -2.25. The highest BCUT2D eigenvalue weighted by Crippen LogP contribution is 2.33. The summed E-state index contributed by atoms with van der Waals surface area (Å²) in [6.45, 7) is 2.02. The topological polar surface area (TPSA) is 73.4 Å². The summed E-state index contributed by atoms with van der Waals surface area (Å²) < 4.78 is 0. The first kappa shape index (κ1) is 25.3. The number of hydrogen-bond acceptors (Lipinski definition) is 5. The maximum absolute atomic E-state index is 13.7. The zero-order valence-electron chi connectivity index (χ0n) is 20.1. The number of amides is 2. The van der Waals surface area contributed by atoms with E-state index in [2.05, 4.69) is 20.6 Å². The van der Waals surface area contributed by atoms with E-state index in [0.29, 0.717) is 33.2 Å². The van der Waals surface area contributed by atoms with Crippen molar-refractivity contribution in [1.29, 1.82) is 0 Å². The summed E-state index contributed by atoms with van der Waals surface area (Å²) in [4.78, 5) is 26.1. The predicted molar refractivity (Wildman–Crippen MR) is 149 cm³/mol. The third-order valence-electron chi connectivity index (χ3n) is 5.52. The van der Waals surface area contributed by atoms with Crippen molar-refractivity contribution < 1.29 is 4.79 Å². The minimum Gasteiger partial charge on any atom is -0.378 e. The monoisotopic (exact) mass is 520 g/mol. The number of halogens is 2. The number of nitrogens with zero attached hydrogens (tertiary/aromatic N) is 4. The van der Waals surface area contributed by atoms with E-state index in [1.54, 1.807) is 30.5 Å². The largest absolute Gasteiger partial charge is 0.378 e. The Labute approximate surface area is 220 Å². The second-order valence-electron chi connectivity index (χ2n) is 8.29. The fourth-order valence-corrected chi connectivity index (χ4v) is 4.10. The van der Waals surface area contributed by atoms with Crippen molar-refractivity contribution in [3.05, 3.63) is 101 Å². The number of para-hydroxylation sites is 1. The van der Waals surface area contributed by atoms with Gasteiger partial charge in [-0.2, -0.15) is 4.98 Å². The van der Waals surface area contributed by atoms with Gasteiger partial charge in [0.05, 0.1) is 27.5 Å². The number of carbonyl (C=O) groups is 1. The molecule has 4 aromatic rings. The summed E-state index contributed by atoms with van der Waals surface area (Å²) in [5.74, 6) is 0.769. The normalized spacial score (nSPS) is 11.5. The number of urea groups is 1. The molecule has 36 heavy (non-hydrogen) atoms. The van der Waals surface area contributed by atoms with Gasteiger partial charge in [0.2, 0.25) is 5.95 Å². The molecule has 0 saturated carbocycles. The van der Waals surface area contributed by atoms with Crippen LogP contribution in [0.1, 0.15) is 18.5 Å². The fraction of sp³-hybridized carbons (Fsp3) is 0.148. The zero-order valence-corrected chi connectivity index (χ0v) is 21.6. The lowest BCUT2D eigenvalue weighted by Crippen LogP contribution is -2.32. The summed E-state index contributed by atoms with van der Waals surface area (Å²) in [5, 5.41) is 6.82. The van der Waals surface area contributed by atoms with Crippen molar-refractivity contribution in [2.75, 3.05) is 34.5 Å². The molecule has 4 rings (SSSR count). The van der Waals surface area contributed by atoms with Gasteiger partial charge in [-0.15, -0.1) is 0 Å². The van der Waals surface area contributed by atoms with Crippen LogP contribution in [-0.4, -0.2) is 30.1 Å². The molecule has 184 valence electrons. The van der Waals surface area contributed by atoms with Crippen LogP contribution in [0.3, 0.4) is 0 Å². The van der Waals surface area contributed by atoms with Crippen LogP contribution in [0, 0.1) is 0 Å². The molecule has 1 unspecified atom stereocenters. The van der Waals surface area contributed by atoms with E-state index in [4.69, 9.17) is 23.2 Å². The summed E-state index contributed by atoms with van der Waals surface area (Å²) in [5.41, 5.74) is 2.95. The van der Waals surface area contributed by atoms with Crippen LogP contribution in [-0.2, 0) is 0 Å². The van der Waals surface area contributed by atoms with Crippen molar-refractivity contribution in [3.63, 3.8) is 0 Å². The third kappa shape index (κ3) is 5.87. The molecular weight excluding hydrogens is 495 g/mol. The first-order valence-corrected chi connectivity index (χ1v) is 12.1. The maximum Gasteiger partial charge on any atom is 0.332 e. The average molecular weight is 521 g/mol. The first-order chi connectivity index (χ1) is 17.3. The summed E-state index contributed by atoms with van der Waals surface area (Å²) in [7, 11) is 3.87. The van der Waals surface area contributed by atoms with Crippen LogP contribution in [0.15, 0.2) is 85.1 Å². The first-order valence-electron chi connectivity index (χ1n) is 11.3. The van der Waals surface area contributed by atoms with Crippen LogP contribution in [0.2, 0.25) is 10.0 Å². The molecule has 1 aromatic heterocycles. The molecule has 9 heteroatoms. The SMILES string of the molecule is CC(Nc1nccc(N(C(=O)Nc2c(Cl)cccc2Cl)c2cccc(N(C)C)c2)n1)c1ccccc1. The molecule has 0 aliphatic carbocycles. The third-order valence-corrected chi connectivity index (χ3v) is 6.15. The van der Waals surface area contributed by atoms with E-state index in [-0.39, 0.29) is 6.04 Å². The second-order valence-corrected chi connectivity index (χ2v) is 9.11. The summed E-state index contributed by atoms with van der Waals surface area (Å²) >= 11 is 12.6. The van der Waals surface area contributed by atoms with E-state index in [1.807, 2.05) is 80.5 Å². The molecule has 0 fully saturated rings. The van der Waals surface area contributed by atoms with Gasteiger partial charge in [-0.1, -0.05) is 65.7 Å². The van der Waals surface area contributed by atoms with Crippen molar-refractivity contribution in [2.24, 2.45) is 0 Å². The van der Waals surface area contributed by atoms with Gasteiger partial charge in [0.15, 0.2) is 0 Å². The highest BCUT2D eigenvalue weighted by atomic mass is 35.5. The molecule has 0 bridgehead atoms. The maximum atomic E-state index is 13.7. The van der Waals surface area contributed by atoms with Crippen LogP contribution in [0.4, 0.5) is 33.6 Å². The molecule has 0 radical (unpaired) electrons. The van der Waals surface area contributed by atoms with E-state index in [1.165, 1.54) is 4.90 Å². The number of nitrogens with one attached hydrogen (secondary N) is 2. The van der Waals surface area contributed by atoms with Crippen LogP contribution in [0.5, 0.6) is 0 Å².